The molecule has 0 radical (unpaired) electrons. The van der Waals surface area contributed by atoms with Gasteiger partial charge in [0.1, 0.15) is 6.61 Å². The quantitative estimate of drug-likeness (QED) is 0.813. The van der Waals surface area contributed by atoms with Gasteiger partial charge in [0.2, 0.25) is 5.90 Å². The second-order valence-electron chi connectivity index (χ2n) is 4.06. The van der Waals surface area contributed by atoms with Gasteiger partial charge in [0.25, 0.3) is 0 Å². The Morgan fingerprint density at radius 1 is 1.48 bits per heavy atom. The van der Waals surface area contributed by atoms with Crippen molar-refractivity contribution in [2.75, 3.05) is 13.3 Å². The number of pyridine rings is 1. The number of nitrogens with two attached hydrogens (primary N) is 1. The first-order valence-corrected chi connectivity index (χ1v) is 6.23. The van der Waals surface area contributed by atoms with E-state index in [0.29, 0.717) is 12.4 Å². The van der Waals surface area contributed by atoms with Crippen molar-refractivity contribution in [1.29, 1.82) is 0 Å². The number of carbonyl (C=O) groups excluding carboxylic acids is 2. The van der Waals surface area contributed by atoms with Gasteiger partial charge in [-0.25, -0.2) is 9.59 Å². The number of rotatable bonds is 5. The van der Waals surface area contributed by atoms with Crippen LogP contribution in [0.2, 0.25) is 0 Å². The van der Waals surface area contributed by atoms with E-state index in [4.69, 9.17) is 10.5 Å². The van der Waals surface area contributed by atoms with E-state index in [0.717, 1.165) is 10.7 Å². The molecule has 21 heavy (non-hydrogen) atoms. The van der Waals surface area contributed by atoms with Crippen molar-refractivity contribution in [3.63, 3.8) is 0 Å². The van der Waals surface area contributed by atoms with Crippen molar-refractivity contribution in [2.24, 2.45) is 10.8 Å². The van der Waals surface area contributed by atoms with Crippen LogP contribution in [-0.4, -0.2) is 41.4 Å². The Kier molecular flexibility index (Phi) is 4.91. The molecular formula is C12H15N5O4. The smallest absolute Gasteiger partial charge is 0.404 e. The first kappa shape index (κ1) is 14.6. The second kappa shape index (κ2) is 7.08. The first-order valence-electron chi connectivity index (χ1n) is 6.23. The van der Waals surface area contributed by atoms with E-state index in [1.807, 2.05) is 6.07 Å². The molecule has 0 unspecified atom stereocenters. The summed E-state index contributed by atoms with van der Waals surface area (Å²) in [5.74, 6) is 0.309. The Labute approximate surface area is 120 Å². The lowest BCUT2D eigenvalue weighted by Crippen LogP contribution is -2.35. The van der Waals surface area contributed by atoms with E-state index in [1.54, 1.807) is 18.3 Å². The summed E-state index contributed by atoms with van der Waals surface area (Å²) in [7, 11) is 0. The van der Waals surface area contributed by atoms with Crippen LogP contribution < -0.4 is 11.1 Å². The van der Waals surface area contributed by atoms with Gasteiger partial charge in [-0.15, -0.1) is 5.10 Å². The van der Waals surface area contributed by atoms with E-state index >= 15 is 0 Å². The van der Waals surface area contributed by atoms with Crippen molar-refractivity contribution in [3.05, 3.63) is 30.1 Å². The van der Waals surface area contributed by atoms with Crippen LogP contribution >= 0.6 is 0 Å². The van der Waals surface area contributed by atoms with Crippen LogP contribution in [0.1, 0.15) is 12.1 Å². The first-order chi connectivity index (χ1) is 10.1. The number of amides is 3. The third-order valence-electron chi connectivity index (χ3n) is 2.53. The van der Waals surface area contributed by atoms with E-state index in [2.05, 4.69) is 20.1 Å². The molecule has 2 rings (SSSR count). The molecule has 9 nitrogen and oxygen atoms in total. The van der Waals surface area contributed by atoms with Gasteiger partial charge in [-0.3, -0.25) is 4.98 Å². The molecule has 1 aromatic rings. The van der Waals surface area contributed by atoms with E-state index in [-0.39, 0.29) is 19.8 Å². The van der Waals surface area contributed by atoms with Crippen LogP contribution in [0, 0.1) is 0 Å². The number of nitrogens with one attached hydrogen (secondary N) is 1. The predicted octanol–water partition coefficient (Wildman–Crippen LogP) is 0.380. The van der Waals surface area contributed by atoms with Crippen LogP contribution in [0.3, 0.4) is 0 Å². The van der Waals surface area contributed by atoms with Gasteiger partial charge in [-0.05, 0) is 12.1 Å². The lowest BCUT2D eigenvalue weighted by molar-refractivity contribution is 0.153. The van der Waals surface area contributed by atoms with Gasteiger partial charge in [0, 0.05) is 6.20 Å². The number of nitrogens with zero attached hydrogens (tertiary/aromatic N) is 3. The predicted molar refractivity (Wildman–Crippen MR) is 71.9 cm³/mol. The largest absolute Gasteiger partial charge is 0.456 e. The highest BCUT2D eigenvalue weighted by atomic mass is 16.6. The fraction of sp³-hybridized carbons (Fsp3) is 0.333. The van der Waals surface area contributed by atoms with Crippen molar-refractivity contribution in [3.8, 4) is 0 Å². The normalized spacial score (nSPS) is 13.3. The minimum atomic E-state index is -0.862. The van der Waals surface area contributed by atoms with Crippen LogP contribution in [0.5, 0.6) is 0 Å². The van der Waals surface area contributed by atoms with Crippen molar-refractivity contribution in [1.82, 2.24) is 15.3 Å². The zero-order valence-electron chi connectivity index (χ0n) is 11.2. The summed E-state index contributed by atoms with van der Waals surface area (Å²) in [6.07, 6.45) is 1.04. The monoisotopic (exact) mass is 293 g/mol. The van der Waals surface area contributed by atoms with Gasteiger partial charge < -0.3 is 20.5 Å². The molecule has 0 saturated carbocycles. The van der Waals surface area contributed by atoms with Gasteiger partial charge in [-0.2, -0.15) is 5.01 Å². The van der Waals surface area contributed by atoms with Gasteiger partial charge >= 0.3 is 12.1 Å². The summed E-state index contributed by atoms with van der Waals surface area (Å²) in [5, 5.41) is 7.77. The van der Waals surface area contributed by atoms with Crippen LogP contribution in [-0.2, 0) is 16.0 Å². The summed E-state index contributed by atoms with van der Waals surface area (Å²) in [6.45, 7) is 0.364. The third kappa shape index (κ3) is 4.64. The number of ether oxygens (including phenoxy) is 2. The number of aromatic nitrogens is 1. The molecule has 3 N–H and O–H groups in total. The topological polar surface area (TPSA) is 119 Å². The van der Waals surface area contributed by atoms with Crippen molar-refractivity contribution < 1.29 is 19.1 Å². The summed E-state index contributed by atoms with van der Waals surface area (Å²) in [6, 6.07) is 5.04. The number of urea groups is 1. The Morgan fingerprint density at radius 3 is 3.05 bits per heavy atom. The average Bonchev–Trinajstić information content (AvgIpc) is 2.94. The number of primary amides is 1. The Bertz CT molecular complexity index is 534. The fourth-order valence-electron chi connectivity index (χ4n) is 1.55. The molecule has 1 aliphatic heterocycles. The molecule has 0 spiro atoms. The van der Waals surface area contributed by atoms with Crippen LogP contribution in [0.4, 0.5) is 9.59 Å². The van der Waals surface area contributed by atoms with Gasteiger partial charge in [0.05, 0.1) is 18.7 Å². The summed E-state index contributed by atoms with van der Waals surface area (Å²) >= 11 is 0. The second-order valence-corrected chi connectivity index (χ2v) is 4.06. The van der Waals surface area contributed by atoms with E-state index in [9.17, 15) is 9.59 Å². The zero-order valence-corrected chi connectivity index (χ0v) is 11.2. The van der Waals surface area contributed by atoms with E-state index in [1.165, 1.54) is 0 Å². The van der Waals surface area contributed by atoms with Crippen molar-refractivity contribution in [2.45, 2.75) is 13.0 Å². The molecule has 0 atom stereocenters. The highest BCUT2D eigenvalue weighted by Gasteiger charge is 2.21. The summed E-state index contributed by atoms with van der Waals surface area (Å²) < 4.78 is 9.74. The van der Waals surface area contributed by atoms with Crippen molar-refractivity contribution >= 4 is 18.0 Å². The average molecular weight is 293 g/mol. The SMILES string of the molecule is NC(=O)OCCC1=NN(C(=O)NCc2ccccn2)CO1. The van der Waals surface area contributed by atoms with E-state index < -0.39 is 12.1 Å². The maximum absolute atomic E-state index is 11.8. The maximum atomic E-state index is 11.8. The Hall–Kier alpha value is -2.84. The Balaban J connectivity index is 1.76. The molecule has 0 saturated heterocycles. The zero-order chi connectivity index (χ0) is 15.1. The highest BCUT2D eigenvalue weighted by molar-refractivity contribution is 5.82. The fourth-order valence-corrected chi connectivity index (χ4v) is 1.55. The lowest BCUT2D eigenvalue weighted by atomic mass is 10.3. The molecule has 112 valence electrons. The maximum Gasteiger partial charge on any atom is 0.404 e. The highest BCUT2D eigenvalue weighted by Crippen LogP contribution is 2.06. The number of carbonyl (C=O) groups is 2. The van der Waals surface area contributed by atoms with Gasteiger partial charge in [0.15, 0.2) is 6.73 Å². The molecule has 2 heterocycles. The molecule has 9 heteroatoms. The number of hydrogen-bond acceptors (Lipinski definition) is 6. The lowest BCUT2D eigenvalue weighted by Gasteiger charge is -2.10. The third-order valence-corrected chi connectivity index (χ3v) is 2.53. The molecule has 0 aliphatic carbocycles. The molecule has 1 aromatic heterocycles. The summed E-state index contributed by atoms with van der Waals surface area (Å²) in [5.41, 5.74) is 5.57. The van der Waals surface area contributed by atoms with Crippen LogP contribution in [0.25, 0.3) is 0 Å². The molecule has 0 bridgehead atoms. The van der Waals surface area contributed by atoms with Gasteiger partial charge in [-0.1, -0.05) is 6.07 Å². The number of hydrogen-bond donors (Lipinski definition) is 2. The Morgan fingerprint density at radius 2 is 2.33 bits per heavy atom. The minimum absolute atomic E-state index is 0.0138. The molecular weight excluding hydrogens is 278 g/mol. The van der Waals surface area contributed by atoms with Crippen LogP contribution in [0.15, 0.2) is 29.5 Å². The minimum Gasteiger partial charge on any atom is -0.456 e. The standard InChI is InChI=1S/C12H15N5O4/c13-11(18)20-6-4-10-16-17(8-21-10)12(19)15-7-9-3-1-2-5-14-9/h1-3,5H,4,6-8H2,(H2,13,18)(H,15,19). The molecule has 0 aromatic carbocycles. The molecule has 1 aliphatic rings. The number of hydrazone groups is 1. The summed E-state index contributed by atoms with van der Waals surface area (Å²) in [4.78, 5) is 26.3. The molecule has 0 fully saturated rings. The molecule has 3 amide bonds.